The van der Waals surface area contributed by atoms with E-state index in [0.717, 1.165) is 51.1 Å². The van der Waals surface area contributed by atoms with Gasteiger partial charge in [-0.25, -0.2) is 0 Å². The number of piperazine rings is 1. The first-order valence-corrected chi connectivity index (χ1v) is 10.6. The first kappa shape index (κ1) is 20.8. The number of amides is 2. The molecule has 0 aliphatic carbocycles. The molecule has 1 atom stereocenters. The Morgan fingerprint density at radius 1 is 1.25 bits per heavy atom. The predicted octanol–water partition coefficient (Wildman–Crippen LogP) is 1.95. The van der Waals surface area contributed by atoms with Crippen molar-refractivity contribution in [2.24, 2.45) is 0 Å². The smallest absolute Gasteiger partial charge is 0.253 e. The Bertz CT molecular complexity index is 674. The lowest BCUT2D eigenvalue weighted by Crippen LogP contribution is -2.57. The average Bonchev–Trinajstić information content (AvgIpc) is 2.72. The lowest BCUT2D eigenvalue weighted by atomic mass is 10.0. The first-order chi connectivity index (χ1) is 13.5. The minimum absolute atomic E-state index is 0.0787. The minimum Gasteiger partial charge on any atom is -0.337 e. The number of carbonyl (C=O) groups is 2. The van der Waals surface area contributed by atoms with Crippen LogP contribution in [0.5, 0.6) is 0 Å². The number of carbonyl (C=O) groups excluding carboxylic acids is 2. The van der Waals surface area contributed by atoms with Gasteiger partial charge < -0.3 is 15.1 Å². The maximum Gasteiger partial charge on any atom is 0.253 e. The molecule has 2 heterocycles. The highest BCUT2D eigenvalue weighted by Crippen LogP contribution is 2.19. The van der Waals surface area contributed by atoms with Gasteiger partial charge in [-0.15, -0.1) is 0 Å². The summed E-state index contributed by atoms with van der Waals surface area (Å²) < 4.78 is 0. The van der Waals surface area contributed by atoms with Crippen LogP contribution in [0.1, 0.15) is 49.5 Å². The molecule has 3 rings (SSSR count). The topological polar surface area (TPSA) is 55.9 Å². The van der Waals surface area contributed by atoms with Crippen LogP contribution in [0.15, 0.2) is 24.3 Å². The molecule has 1 aromatic carbocycles. The molecule has 154 valence electrons. The van der Waals surface area contributed by atoms with Crippen LogP contribution in [-0.4, -0.2) is 77.9 Å². The second-order valence-electron chi connectivity index (χ2n) is 8.16. The summed E-state index contributed by atoms with van der Waals surface area (Å²) in [5.74, 6) is 0.232. The second-order valence-corrected chi connectivity index (χ2v) is 8.16. The fraction of sp³-hybridized carbons (Fsp3) is 0.636. The molecule has 0 saturated carbocycles. The van der Waals surface area contributed by atoms with E-state index in [1.165, 1.54) is 5.56 Å². The summed E-state index contributed by atoms with van der Waals surface area (Å²) in [5, 5.41) is 3.12. The van der Waals surface area contributed by atoms with Crippen molar-refractivity contribution in [1.82, 2.24) is 20.0 Å². The van der Waals surface area contributed by atoms with E-state index >= 15 is 0 Å². The van der Waals surface area contributed by atoms with Crippen molar-refractivity contribution >= 4 is 11.8 Å². The van der Waals surface area contributed by atoms with Gasteiger partial charge in [0.15, 0.2) is 0 Å². The number of nitrogens with one attached hydrogen (secondary N) is 1. The van der Waals surface area contributed by atoms with E-state index in [0.29, 0.717) is 19.1 Å². The third kappa shape index (κ3) is 4.92. The van der Waals surface area contributed by atoms with E-state index < -0.39 is 0 Å². The van der Waals surface area contributed by atoms with Gasteiger partial charge in [-0.3, -0.25) is 14.5 Å². The summed E-state index contributed by atoms with van der Waals surface area (Å²) >= 11 is 0. The van der Waals surface area contributed by atoms with Crippen molar-refractivity contribution in [3.05, 3.63) is 35.4 Å². The van der Waals surface area contributed by atoms with E-state index in [4.69, 9.17) is 0 Å². The molecule has 0 bridgehead atoms. The molecule has 1 N–H and O–H groups in total. The SMILES string of the molecule is CCN(Cc1ccc(C(=O)N2CCCC(N3CCNCC3=O)C2)cc1)C(C)C. The van der Waals surface area contributed by atoms with Crippen LogP contribution in [0, 0.1) is 0 Å². The van der Waals surface area contributed by atoms with Crippen LogP contribution in [0.4, 0.5) is 0 Å². The van der Waals surface area contributed by atoms with Crippen LogP contribution >= 0.6 is 0 Å². The van der Waals surface area contributed by atoms with Crippen molar-refractivity contribution in [3.63, 3.8) is 0 Å². The Hall–Kier alpha value is -1.92. The number of piperidine rings is 1. The average molecular weight is 387 g/mol. The Kier molecular flexibility index (Phi) is 7.08. The molecule has 2 aliphatic rings. The molecule has 2 amide bonds. The summed E-state index contributed by atoms with van der Waals surface area (Å²) in [6.07, 6.45) is 1.93. The molecule has 2 aliphatic heterocycles. The van der Waals surface area contributed by atoms with Crippen molar-refractivity contribution in [3.8, 4) is 0 Å². The zero-order chi connectivity index (χ0) is 20.1. The van der Waals surface area contributed by atoms with Crippen molar-refractivity contribution in [2.75, 3.05) is 39.3 Å². The highest BCUT2D eigenvalue weighted by atomic mass is 16.2. The molecule has 6 heteroatoms. The fourth-order valence-electron chi connectivity index (χ4n) is 4.23. The molecule has 0 radical (unpaired) electrons. The second kappa shape index (κ2) is 9.52. The highest BCUT2D eigenvalue weighted by Gasteiger charge is 2.31. The highest BCUT2D eigenvalue weighted by molar-refractivity contribution is 5.94. The monoisotopic (exact) mass is 386 g/mol. The number of benzene rings is 1. The molecule has 28 heavy (non-hydrogen) atoms. The summed E-state index contributed by atoms with van der Waals surface area (Å²) in [5.41, 5.74) is 1.97. The molecule has 2 fully saturated rings. The van der Waals surface area contributed by atoms with E-state index in [1.54, 1.807) is 0 Å². The van der Waals surface area contributed by atoms with E-state index in [9.17, 15) is 9.59 Å². The summed E-state index contributed by atoms with van der Waals surface area (Å²) in [6.45, 7) is 11.9. The number of nitrogens with zero attached hydrogens (tertiary/aromatic N) is 3. The van der Waals surface area contributed by atoms with E-state index in [2.05, 4.69) is 43.1 Å². The predicted molar refractivity (Wildman–Crippen MR) is 111 cm³/mol. The molecule has 0 spiro atoms. The minimum atomic E-state index is 0.0787. The molecule has 0 aromatic heterocycles. The van der Waals surface area contributed by atoms with Crippen molar-refractivity contribution in [2.45, 2.75) is 52.2 Å². The van der Waals surface area contributed by atoms with Gasteiger partial charge in [0.1, 0.15) is 0 Å². The van der Waals surface area contributed by atoms with Gasteiger partial charge in [-0.2, -0.15) is 0 Å². The molecule has 2 saturated heterocycles. The number of rotatable bonds is 6. The number of hydrogen-bond acceptors (Lipinski definition) is 4. The number of hydrogen-bond donors (Lipinski definition) is 1. The van der Waals surface area contributed by atoms with Crippen LogP contribution in [0.2, 0.25) is 0 Å². The van der Waals surface area contributed by atoms with Gasteiger partial charge in [0, 0.05) is 50.4 Å². The Morgan fingerprint density at radius 2 is 2.00 bits per heavy atom. The quantitative estimate of drug-likeness (QED) is 0.812. The maximum absolute atomic E-state index is 13.0. The Balaban J connectivity index is 1.62. The van der Waals surface area contributed by atoms with Gasteiger partial charge in [0.05, 0.1) is 6.54 Å². The third-order valence-corrected chi connectivity index (χ3v) is 5.97. The van der Waals surface area contributed by atoms with Crippen LogP contribution in [0.3, 0.4) is 0 Å². The summed E-state index contributed by atoms with van der Waals surface area (Å²) in [7, 11) is 0. The molecule has 6 nitrogen and oxygen atoms in total. The molecular weight excluding hydrogens is 352 g/mol. The molecular formula is C22H34N4O2. The lowest BCUT2D eigenvalue weighted by molar-refractivity contribution is -0.135. The van der Waals surface area contributed by atoms with Crippen LogP contribution in [0.25, 0.3) is 0 Å². The molecule has 1 aromatic rings. The van der Waals surface area contributed by atoms with E-state index in [-0.39, 0.29) is 17.9 Å². The summed E-state index contributed by atoms with van der Waals surface area (Å²) in [6, 6.07) is 8.69. The summed E-state index contributed by atoms with van der Waals surface area (Å²) in [4.78, 5) is 31.5. The van der Waals surface area contributed by atoms with Gasteiger partial charge in [-0.05, 0) is 50.9 Å². The van der Waals surface area contributed by atoms with Crippen LogP contribution < -0.4 is 5.32 Å². The van der Waals surface area contributed by atoms with Crippen molar-refractivity contribution < 1.29 is 9.59 Å². The normalized spacial score (nSPS) is 20.9. The first-order valence-electron chi connectivity index (χ1n) is 10.6. The fourth-order valence-corrected chi connectivity index (χ4v) is 4.23. The molecule has 1 unspecified atom stereocenters. The largest absolute Gasteiger partial charge is 0.337 e. The van der Waals surface area contributed by atoms with Crippen LogP contribution in [-0.2, 0) is 11.3 Å². The van der Waals surface area contributed by atoms with E-state index in [1.807, 2.05) is 21.9 Å². The maximum atomic E-state index is 13.0. The zero-order valence-electron chi connectivity index (χ0n) is 17.5. The Morgan fingerprint density at radius 3 is 2.64 bits per heavy atom. The third-order valence-electron chi connectivity index (χ3n) is 5.97. The van der Waals surface area contributed by atoms with Gasteiger partial charge in [0.25, 0.3) is 5.91 Å². The van der Waals surface area contributed by atoms with Gasteiger partial charge in [-0.1, -0.05) is 19.1 Å². The lowest BCUT2D eigenvalue weighted by Gasteiger charge is -2.41. The van der Waals surface area contributed by atoms with Gasteiger partial charge in [0.2, 0.25) is 5.91 Å². The standard InChI is InChI=1S/C22H34N4O2/c1-4-24(17(2)3)15-18-7-9-19(10-8-18)22(28)25-12-5-6-20(16-25)26-13-11-23-14-21(26)27/h7-10,17,20,23H,4-6,11-16H2,1-3H3. The zero-order valence-corrected chi connectivity index (χ0v) is 17.5. The van der Waals surface area contributed by atoms with Gasteiger partial charge >= 0.3 is 0 Å². The Labute approximate surface area is 168 Å². The van der Waals surface area contributed by atoms with Crippen molar-refractivity contribution in [1.29, 1.82) is 0 Å². The number of likely N-dealkylation sites (tertiary alicyclic amines) is 1.